The average Bonchev–Trinajstić information content (AvgIpc) is 3.13. The molecule has 2 heterocycles. The second-order valence-corrected chi connectivity index (χ2v) is 6.73. The molecule has 0 spiro atoms. The zero-order valence-electron chi connectivity index (χ0n) is 12.7. The summed E-state index contributed by atoms with van der Waals surface area (Å²) in [5, 5.41) is 10.6. The SMILES string of the molecule is CCn1c(SCc2ccc(Cl)c(Cl)c2)nnc1-c1ccoc1C. The average molecular weight is 368 g/mol. The summed E-state index contributed by atoms with van der Waals surface area (Å²) in [6.45, 7) is 4.79. The topological polar surface area (TPSA) is 43.9 Å². The number of rotatable bonds is 5. The van der Waals surface area contributed by atoms with Gasteiger partial charge in [0.15, 0.2) is 11.0 Å². The van der Waals surface area contributed by atoms with E-state index in [2.05, 4.69) is 21.7 Å². The molecular formula is C16H15Cl2N3OS. The van der Waals surface area contributed by atoms with Gasteiger partial charge in [0.2, 0.25) is 0 Å². The highest BCUT2D eigenvalue weighted by atomic mass is 35.5. The predicted octanol–water partition coefficient (Wildman–Crippen LogP) is 5.47. The molecule has 0 bridgehead atoms. The van der Waals surface area contributed by atoms with Crippen LogP contribution in [0.5, 0.6) is 0 Å². The molecule has 0 aliphatic heterocycles. The van der Waals surface area contributed by atoms with Gasteiger partial charge in [-0.15, -0.1) is 10.2 Å². The first kappa shape index (κ1) is 16.4. The molecule has 3 aromatic rings. The fourth-order valence-corrected chi connectivity index (χ4v) is 3.54. The normalized spacial score (nSPS) is 11.1. The second kappa shape index (κ2) is 6.99. The Labute approximate surface area is 148 Å². The van der Waals surface area contributed by atoms with Crippen LogP contribution in [0.15, 0.2) is 40.1 Å². The Balaban J connectivity index is 1.82. The van der Waals surface area contributed by atoms with Gasteiger partial charge in [0.05, 0.1) is 21.9 Å². The lowest BCUT2D eigenvalue weighted by molar-refractivity contribution is 0.534. The molecule has 0 fully saturated rings. The van der Waals surface area contributed by atoms with Crippen LogP contribution in [0.25, 0.3) is 11.4 Å². The van der Waals surface area contributed by atoms with Crippen molar-refractivity contribution in [3.8, 4) is 11.4 Å². The number of halogens is 2. The molecule has 120 valence electrons. The maximum absolute atomic E-state index is 6.06. The van der Waals surface area contributed by atoms with E-state index < -0.39 is 0 Å². The van der Waals surface area contributed by atoms with Crippen LogP contribution >= 0.6 is 35.0 Å². The van der Waals surface area contributed by atoms with Crippen molar-refractivity contribution in [2.75, 3.05) is 0 Å². The molecule has 3 rings (SSSR count). The van der Waals surface area contributed by atoms with Gasteiger partial charge in [-0.05, 0) is 37.6 Å². The summed E-state index contributed by atoms with van der Waals surface area (Å²) >= 11 is 13.6. The van der Waals surface area contributed by atoms with E-state index in [9.17, 15) is 0 Å². The lowest BCUT2D eigenvalue weighted by Gasteiger charge is -2.07. The van der Waals surface area contributed by atoms with Crippen molar-refractivity contribution in [3.63, 3.8) is 0 Å². The summed E-state index contributed by atoms with van der Waals surface area (Å²) in [5.41, 5.74) is 2.07. The fraction of sp³-hybridized carbons (Fsp3) is 0.250. The van der Waals surface area contributed by atoms with Crippen molar-refractivity contribution < 1.29 is 4.42 Å². The number of nitrogens with zero attached hydrogens (tertiary/aromatic N) is 3. The molecule has 0 saturated carbocycles. The molecule has 0 saturated heterocycles. The minimum Gasteiger partial charge on any atom is -0.469 e. The third kappa shape index (κ3) is 3.42. The van der Waals surface area contributed by atoms with Crippen molar-refractivity contribution in [2.45, 2.75) is 31.3 Å². The van der Waals surface area contributed by atoms with E-state index in [1.165, 1.54) is 0 Å². The molecule has 0 unspecified atom stereocenters. The number of benzene rings is 1. The smallest absolute Gasteiger partial charge is 0.191 e. The summed E-state index contributed by atoms with van der Waals surface area (Å²) < 4.78 is 7.45. The highest BCUT2D eigenvalue weighted by molar-refractivity contribution is 7.98. The van der Waals surface area contributed by atoms with E-state index in [1.54, 1.807) is 18.0 Å². The molecular weight excluding hydrogens is 353 g/mol. The highest BCUT2D eigenvalue weighted by Gasteiger charge is 2.16. The molecule has 0 radical (unpaired) electrons. The van der Waals surface area contributed by atoms with Crippen LogP contribution < -0.4 is 0 Å². The van der Waals surface area contributed by atoms with E-state index in [1.807, 2.05) is 31.2 Å². The Morgan fingerprint density at radius 1 is 1.17 bits per heavy atom. The number of hydrogen-bond acceptors (Lipinski definition) is 4. The Morgan fingerprint density at radius 3 is 2.65 bits per heavy atom. The summed E-state index contributed by atoms with van der Waals surface area (Å²) in [6.07, 6.45) is 1.67. The zero-order chi connectivity index (χ0) is 16.4. The van der Waals surface area contributed by atoms with E-state index in [-0.39, 0.29) is 0 Å². The quantitative estimate of drug-likeness (QED) is 0.561. The van der Waals surface area contributed by atoms with Gasteiger partial charge in [-0.25, -0.2) is 0 Å². The Morgan fingerprint density at radius 2 is 2.00 bits per heavy atom. The van der Waals surface area contributed by atoms with Crippen LogP contribution in [-0.4, -0.2) is 14.8 Å². The van der Waals surface area contributed by atoms with Crippen LogP contribution in [0.1, 0.15) is 18.2 Å². The van der Waals surface area contributed by atoms with Gasteiger partial charge in [0, 0.05) is 12.3 Å². The number of aromatic nitrogens is 3. The Bertz CT molecular complexity index is 829. The first-order valence-corrected chi connectivity index (χ1v) is 8.88. The van der Waals surface area contributed by atoms with Crippen LogP contribution in [-0.2, 0) is 12.3 Å². The maximum atomic E-state index is 6.06. The third-order valence-electron chi connectivity index (χ3n) is 3.48. The molecule has 0 atom stereocenters. The third-order valence-corrected chi connectivity index (χ3v) is 5.26. The first-order chi connectivity index (χ1) is 11.1. The number of aryl methyl sites for hydroxylation is 1. The van der Waals surface area contributed by atoms with Gasteiger partial charge in [-0.3, -0.25) is 0 Å². The van der Waals surface area contributed by atoms with Crippen molar-refractivity contribution >= 4 is 35.0 Å². The van der Waals surface area contributed by atoms with Gasteiger partial charge in [-0.2, -0.15) is 0 Å². The van der Waals surface area contributed by atoms with Crippen LogP contribution in [0.2, 0.25) is 10.0 Å². The second-order valence-electron chi connectivity index (χ2n) is 4.98. The van der Waals surface area contributed by atoms with Crippen LogP contribution in [0.3, 0.4) is 0 Å². The van der Waals surface area contributed by atoms with Crippen LogP contribution in [0, 0.1) is 6.92 Å². The number of hydrogen-bond donors (Lipinski definition) is 0. The lowest BCUT2D eigenvalue weighted by atomic mass is 10.2. The number of furan rings is 1. The molecule has 7 heteroatoms. The van der Waals surface area contributed by atoms with Crippen molar-refractivity contribution in [2.24, 2.45) is 0 Å². The van der Waals surface area contributed by atoms with Gasteiger partial charge < -0.3 is 8.98 Å². The fourth-order valence-electron chi connectivity index (χ4n) is 2.27. The first-order valence-electron chi connectivity index (χ1n) is 7.14. The Hall–Kier alpha value is -1.43. The monoisotopic (exact) mass is 367 g/mol. The van der Waals surface area contributed by atoms with Crippen molar-refractivity contribution in [1.29, 1.82) is 0 Å². The number of thioether (sulfide) groups is 1. The van der Waals surface area contributed by atoms with E-state index in [4.69, 9.17) is 27.6 Å². The molecule has 0 aliphatic carbocycles. The van der Waals surface area contributed by atoms with Crippen molar-refractivity contribution in [3.05, 3.63) is 51.9 Å². The van der Waals surface area contributed by atoms with Crippen LogP contribution in [0.4, 0.5) is 0 Å². The molecule has 0 aliphatic rings. The van der Waals surface area contributed by atoms with Crippen molar-refractivity contribution in [1.82, 2.24) is 14.8 Å². The standard InChI is InChI=1S/C16H15Cl2N3OS/c1-3-21-15(12-6-7-22-10(12)2)19-20-16(21)23-9-11-4-5-13(17)14(18)8-11/h4-8H,3,9H2,1-2H3. The molecule has 0 N–H and O–H groups in total. The molecule has 2 aromatic heterocycles. The molecule has 23 heavy (non-hydrogen) atoms. The minimum absolute atomic E-state index is 0.565. The van der Waals surface area contributed by atoms with E-state index >= 15 is 0 Å². The zero-order valence-corrected chi connectivity index (χ0v) is 15.0. The molecule has 1 aromatic carbocycles. The van der Waals surface area contributed by atoms with Gasteiger partial charge >= 0.3 is 0 Å². The minimum atomic E-state index is 0.565. The summed E-state index contributed by atoms with van der Waals surface area (Å²) in [6, 6.07) is 7.57. The highest BCUT2D eigenvalue weighted by Crippen LogP contribution is 2.30. The van der Waals surface area contributed by atoms with Gasteiger partial charge in [0.1, 0.15) is 5.76 Å². The lowest BCUT2D eigenvalue weighted by Crippen LogP contribution is -2.00. The predicted molar refractivity (Wildman–Crippen MR) is 94.2 cm³/mol. The molecule has 0 amide bonds. The van der Waals surface area contributed by atoms with Gasteiger partial charge in [0.25, 0.3) is 0 Å². The Kier molecular flexibility index (Phi) is 4.99. The summed E-state index contributed by atoms with van der Waals surface area (Å²) in [5.74, 6) is 2.42. The summed E-state index contributed by atoms with van der Waals surface area (Å²) in [4.78, 5) is 0. The molecule has 4 nitrogen and oxygen atoms in total. The van der Waals surface area contributed by atoms with E-state index in [0.29, 0.717) is 10.0 Å². The van der Waals surface area contributed by atoms with E-state index in [0.717, 1.165) is 40.2 Å². The van der Waals surface area contributed by atoms with Gasteiger partial charge in [-0.1, -0.05) is 41.0 Å². The summed E-state index contributed by atoms with van der Waals surface area (Å²) in [7, 11) is 0. The largest absolute Gasteiger partial charge is 0.469 e. The maximum Gasteiger partial charge on any atom is 0.191 e.